The minimum atomic E-state index is -4.33. The molecule has 0 aliphatic heterocycles. The normalized spacial score (nSPS) is 10.9. The average Bonchev–Trinajstić information content (AvgIpc) is 2.42. The van der Waals surface area contributed by atoms with Crippen LogP contribution in [0.5, 0.6) is 0 Å². The maximum absolute atomic E-state index is 13.5. The molecule has 0 amide bonds. The van der Waals surface area contributed by atoms with E-state index in [0.29, 0.717) is 0 Å². The zero-order valence-electron chi connectivity index (χ0n) is 10.5. The SMILES string of the molecule is N#Cc1cc(N)ccc1S(=O)(=O)Nc1c(F)cccc1F. The minimum absolute atomic E-state index is 0.197. The maximum Gasteiger partial charge on any atom is 0.263 e. The van der Waals surface area contributed by atoms with Crippen molar-refractivity contribution in [3.63, 3.8) is 0 Å². The van der Waals surface area contributed by atoms with Crippen LogP contribution in [0, 0.1) is 23.0 Å². The van der Waals surface area contributed by atoms with Crippen LogP contribution in [0.4, 0.5) is 20.2 Å². The molecular formula is C13H9F2N3O2S. The summed E-state index contributed by atoms with van der Waals surface area (Å²) in [4.78, 5) is -0.415. The summed E-state index contributed by atoms with van der Waals surface area (Å²) in [5, 5.41) is 8.94. The smallest absolute Gasteiger partial charge is 0.263 e. The van der Waals surface area contributed by atoms with Crippen LogP contribution in [0.3, 0.4) is 0 Å². The van der Waals surface area contributed by atoms with Crippen LogP contribution < -0.4 is 10.5 Å². The Morgan fingerprint density at radius 2 is 1.76 bits per heavy atom. The van der Waals surface area contributed by atoms with Gasteiger partial charge in [-0.05, 0) is 30.3 Å². The first-order chi connectivity index (χ1) is 9.85. The monoisotopic (exact) mass is 309 g/mol. The Labute approximate surface area is 119 Å². The molecule has 2 rings (SSSR count). The number of nitriles is 1. The molecule has 0 atom stereocenters. The van der Waals surface area contributed by atoms with Crippen molar-refractivity contribution in [2.45, 2.75) is 4.90 Å². The standard InChI is InChI=1S/C13H9F2N3O2S/c14-10-2-1-3-11(15)13(10)18-21(19,20)12-5-4-9(17)6-8(12)7-16/h1-6,18H,17H2. The van der Waals surface area contributed by atoms with Gasteiger partial charge in [-0.1, -0.05) is 6.07 Å². The number of hydrogen-bond donors (Lipinski definition) is 2. The van der Waals surface area contributed by atoms with Crippen LogP contribution in [0.1, 0.15) is 5.56 Å². The van der Waals surface area contributed by atoms with Gasteiger partial charge in [0.2, 0.25) is 0 Å². The fraction of sp³-hybridized carbons (Fsp3) is 0. The van der Waals surface area contributed by atoms with E-state index < -0.39 is 32.2 Å². The van der Waals surface area contributed by atoms with Gasteiger partial charge in [0.1, 0.15) is 28.3 Å². The van der Waals surface area contributed by atoms with Crippen molar-refractivity contribution < 1.29 is 17.2 Å². The van der Waals surface area contributed by atoms with E-state index in [-0.39, 0.29) is 11.3 Å². The van der Waals surface area contributed by atoms with Gasteiger partial charge in [0.05, 0.1) is 5.56 Å². The van der Waals surface area contributed by atoms with Crippen molar-refractivity contribution in [1.82, 2.24) is 0 Å². The summed E-state index contributed by atoms with van der Waals surface area (Å²) in [5.41, 5.74) is 4.63. The van der Waals surface area contributed by atoms with Gasteiger partial charge in [0, 0.05) is 5.69 Å². The van der Waals surface area contributed by atoms with Crippen molar-refractivity contribution in [2.75, 3.05) is 10.5 Å². The predicted molar refractivity (Wildman–Crippen MR) is 72.7 cm³/mol. The summed E-state index contributed by atoms with van der Waals surface area (Å²) in [5.74, 6) is -2.12. The zero-order chi connectivity index (χ0) is 15.6. The molecule has 0 aromatic heterocycles. The number of rotatable bonds is 3. The molecule has 0 spiro atoms. The first-order valence-corrected chi connectivity index (χ1v) is 7.10. The van der Waals surface area contributed by atoms with Gasteiger partial charge in [-0.2, -0.15) is 5.26 Å². The highest BCUT2D eigenvalue weighted by Gasteiger charge is 2.22. The Bertz CT molecular complexity index is 825. The van der Waals surface area contributed by atoms with E-state index >= 15 is 0 Å². The number of nitrogens with two attached hydrogens (primary N) is 1. The summed E-state index contributed by atoms with van der Waals surface area (Å²) in [6.45, 7) is 0. The lowest BCUT2D eigenvalue weighted by atomic mass is 10.2. The third kappa shape index (κ3) is 2.93. The molecule has 0 aliphatic carbocycles. The highest BCUT2D eigenvalue weighted by molar-refractivity contribution is 7.92. The number of para-hydroxylation sites is 1. The number of halogens is 2. The van der Waals surface area contributed by atoms with E-state index in [9.17, 15) is 17.2 Å². The fourth-order valence-electron chi connectivity index (χ4n) is 1.65. The lowest BCUT2D eigenvalue weighted by molar-refractivity contribution is 0.583. The number of nitrogen functional groups attached to an aromatic ring is 1. The zero-order valence-corrected chi connectivity index (χ0v) is 11.3. The second-order valence-electron chi connectivity index (χ2n) is 4.07. The minimum Gasteiger partial charge on any atom is -0.399 e. The van der Waals surface area contributed by atoms with E-state index in [1.807, 2.05) is 0 Å². The Hall–Kier alpha value is -2.66. The van der Waals surface area contributed by atoms with Crippen LogP contribution in [0.15, 0.2) is 41.3 Å². The molecule has 0 saturated heterocycles. The molecule has 0 fully saturated rings. The van der Waals surface area contributed by atoms with Crippen molar-refractivity contribution in [1.29, 1.82) is 5.26 Å². The maximum atomic E-state index is 13.5. The predicted octanol–water partition coefficient (Wildman–Crippen LogP) is 2.22. The Balaban J connectivity index is 2.52. The number of hydrogen-bond acceptors (Lipinski definition) is 4. The van der Waals surface area contributed by atoms with Gasteiger partial charge in [-0.15, -0.1) is 0 Å². The van der Waals surface area contributed by atoms with Crippen LogP contribution >= 0.6 is 0 Å². The largest absolute Gasteiger partial charge is 0.399 e. The van der Waals surface area contributed by atoms with Crippen LogP contribution in [0.2, 0.25) is 0 Å². The van der Waals surface area contributed by atoms with E-state index in [0.717, 1.165) is 30.3 Å². The first-order valence-electron chi connectivity index (χ1n) is 5.61. The molecule has 21 heavy (non-hydrogen) atoms. The molecule has 0 radical (unpaired) electrons. The van der Waals surface area contributed by atoms with Gasteiger partial charge in [0.15, 0.2) is 0 Å². The molecule has 108 valence electrons. The summed E-state index contributed by atoms with van der Waals surface area (Å²) in [6.07, 6.45) is 0. The van der Waals surface area contributed by atoms with Crippen LogP contribution in [-0.2, 0) is 10.0 Å². The van der Waals surface area contributed by atoms with Crippen LogP contribution in [0.25, 0.3) is 0 Å². The lowest BCUT2D eigenvalue weighted by Gasteiger charge is -2.11. The number of nitrogens with zero attached hydrogens (tertiary/aromatic N) is 1. The molecule has 0 saturated carbocycles. The number of sulfonamides is 1. The van der Waals surface area contributed by atoms with Gasteiger partial charge in [0.25, 0.3) is 10.0 Å². The average molecular weight is 309 g/mol. The molecule has 5 nitrogen and oxygen atoms in total. The third-order valence-corrected chi connectivity index (χ3v) is 4.02. The third-order valence-electron chi connectivity index (χ3n) is 2.61. The molecule has 0 bridgehead atoms. The lowest BCUT2D eigenvalue weighted by Crippen LogP contribution is -2.16. The molecule has 2 aromatic rings. The second kappa shape index (κ2) is 5.38. The van der Waals surface area contributed by atoms with Gasteiger partial charge in [-0.3, -0.25) is 4.72 Å². The summed E-state index contributed by atoms with van der Waals surface area (Å²) in [7, 11) is -4.33. The topological polar surface area (TPSA) is 96.0 Å². The van der Waals surface area contributed by atoms with Gasteiger partial charge in [-0.25, -0.2) is 17.2 Å². The summed E-state index contributed by atoms with van der Waals surface area (Å²) < 4.78 is 53.1. The van der Waals surface area contributed by atoms with Crippen LogP contribution in [-0.4, -0.2) is 8.42 Å². The van der Waals surface area contributed by atoms with E-state index in [1.54, 1.807) is 10.8 Å². The second-order valence-corrected chi connectivity index (χ2v) is 5.72. The van der Waals surface area contributed by atoms with E-state index in [1.165, 1.54) is 6.07 Å². The Morgan fingerprint density at radius 1 is 1.14 bits per heavy atom. The van der Waals surface area contributed by atoms with E-state index in [4.69, 9.17) is 11.0 Å². The molecule has 0 aliphatic rings. The summed E-state index contributed by atoms with van der Waals surface area (Å²) in [6, 6.07) is 8.12. The Morgan fingerprint density at radius 3 is 2.33 bits per heavy atom. The number of anilines is 2. The highest BCUT2D eigenvalue weighted by atomic mass is 32.2. The Kier molecular flexibility index (Phi) is 3.78. The molecule has 0 heterocycles. The van der Waals surface area contributed by atoms with Crippen molar-refractivity contribution in [3.8, 4) is 6.07 Å². The van der Waals surface area contributed by atoms with Gasteiger partial charge < -0.3 is 5.73 Å². The summed E-state index contributed by atoms with van der Waals surface area (Å²) >= 11 is 0. The van der Waals surface area contributed by atoms with Crippen molar-refractivity contribution >= 4 is 21.4 Å². The van der Waals surface area contributed by atoms with Crippen molar-refractivity contribution in [2.24, 2.45) is 0 Å². The van der Waals surface area contributed by atoms with Gasteiger partial charge >= 0.3 is 0 Å². The molecule has 0 unspecified atom stereocenters. The molecular weight excluding hydrogens is 300 g/mol. The quantitative estimate of drug-likeness (QED) is 0.850. The molecule has 8 heteroatoms. The number of benzene rings is 2. The van der Waals surface area contributed by atoms with Crippen molar-refractivity contribution in [3.05, 3.63) is 53.6 Å². The molecule has 2 aromatic carbocycles. The fourth-order valence-corrected chi connectivity index (χ4v) is 2.87. The highest BCUT2D eigenvalue weighted by Crippen LogP contribution is 2.24. The first kappa shape index (κ1) is 14.7. The number of nitrogens with one attached hydrogen (secondary N) is 1. The van der Waals surface area contributed by atoms with E-state index in [2.05, 4.69) is 0 Å². The molecule has 3 N–H and O–H groups in total.